The molecule has 0 aromatic heterocycles. The molecule has 2 N–H and O–H groups in total. The molecule has 25 heavy (non-hydrogen) atoms. The van der Waals surface area contributed by atoms with E-state index >= 15 is 0 Å². The quantitative estimate of drug-likeness (QED) is 0.826. The molecular weight excluding hydrogens is 318 g/mol. The maximum atomic E-state index is 12.5. The van der Waals surface area contributed by atoms with Gasteiger partial charge in [-0.3, -0.25) is 14.9 Å². The molecule has 6 nitrogen and oxygen atoms in total. The van der Waals surface area contributed by atoms with Crippen LogP contribution in [0.3, 0.4) is 0 Å². The fourth-order valence-electron chi connectivity index (χ4n) is 3.05. The van der Waals surface area contributed by atoms with Crippen LogP contribution in [0, 0.1) is 5.92 Å². The van der Waals surface area contributed by atoms with E-state index in [1.54, 1.807) is 0 Å². The minimum Gasteiger partial charge on any atom is -0.378 e. The first-order valence-electron chi connectivity index (χ1n) is 9.08. The van der Waals surface area contributed by atoms with E-state index in [-0.39, 0.29) is 29.8 Å². The minimum atomic E-state index is -0.248. The second-order valence-corrected chi connectivity index (χ2v) is 6.93. The molecule has 3 rings (SSSR count). The number of amides is 2. The Bertz CT molecular complexity index is 607. The Morgan fingerprint density at radius 3 is 2.36 bits per heavy atom. The second kappa shape index (κ2) is 7.97. The largest absolute Gasteiger partial charge is 0.378 e. The van der Waals surface area contributed by atoms with Crippen LogP contribution in [0.5, 0.6) is 0 Å². The Morgan fingerprint density at radius 2 is 1.76 bits per heavy atom. The van der Waals surface area contributed by atoms with Crippen molar-refractivity contribution >= 4 is 17.5 Å². The van der Waals surface area contributed by atoms with Crippen molar-refractivity contribution in [2.75, 3.05) is 31.6 Å². The highest BCUT2D eigenvalue weighted by atomic mass is 16.5. The number of morpholine rings is 1. The summed E-state index contributed by atoms with van der Waals surface area (Å²) in [5.74, 6) is 0.430. The van der Waals surface area contributed by atoms with Crippen LogP contribution in [0.1, 0.15) is 38.3 Å². The molecule has 1 heterocycles. The Hall–Kier alpha value is -1.92. The predicted octanol–water partition coefficient (Wildman–Crippen LogP) is 1.93. The van der Waals surface area contributed by atoms with Crippen molar-refractivity contribution in [3.63, 3.8) is 0 Å². The molecule has 1 aliphatic carbocycles. The highest BCUT2D eigenvalue weighted by Crippen LogP contribution is 2.30. The van der Waals surface area contributed by atoms with E-state index in [9.17, 15) is 9.59 Å². The molecule has 2 atom stereocenters. The summed E-state index contributed by atoms with van der Waals surface area (Å²) in [6.45, 7) is 6.49. The molecule has 6 heteroatoms. The van der Waals surface area contributed by atoms with Gasteiger partial charge in [0.05, 0.1) is 19.3 Å². The van der Waals surface area contributed by atoms with Gasteiger partial charge in [0.1, 0.15) is 0 Å². The van der Waals surface area contributed by atoms with Crippen LogP contribution in [-0.2, 0) is 14.3 Å². The van der Waals surface area contributed by atoms with Gasteiger partial charge in [-0.25, -0.2) is 0 Å². The number of hydrogen-bond acceptors (Lipinski definition) is 4. The maximum Gasteiger partial charge on any atom is 0.239 e. The van der Waals surface area contributed by atoms with E-state index in [0.29, 0.717) is 26.3 Å². The van der Waals surface area contributed by atoms with Gasteiger partial charge in [-0.05, 0) is 44.4 Å². The van der Waals surface area contributed by atoms with Crippen molar-refractivity contribution in [1.29, 1.82) is 0 Å². The summed E-state index contributed by atoms with van der Waals surface area (Å²) in [6, 6.07) is 7.62. The smallest absolute Gasteiger partial charge is 0.239 e. The van der Waals surface area contributed by atoms with Crippen LogP contribution in [0.2, 0.25) is 0 Å². The van der Waals surface area contributed by atoms with E-state index in [1.165, 1.54) is 0 Å². The lowest BCUT2D eigenvalue weighted by atomic mass is 10.1. The first-order chi connectivity index (χ1) is 12.0. The lowest BCUT2D eigenvalue weighted by molar-refractivity contribution is -0.137. The third-order valence-corrected chi connectivity index (χ3v) is 4.82. The number of hydrogen-bond donors (Lipinski definition) is 2. The zero-order valence-electron chi connectivity index (χ0n) is 15.0. The normalized spacial score (nSPS) is 20.0. The molecule has 0 unspecified atom stereocenters. The van der Waals surface area contributed by atoms with E-state index < -0.39 is 0 Å². The molecule has 1 saturated carbocycles. The van der Waals surface area contributed by atoms with Crippen LogP contribution in [0.15, 0.2) is 24.3 Å². The maximum absolute atomic E-state index is 12.5. The SMILES string of the molecule is C[C@@H](N[C@H](C)c1ccc(NC(=O)C2CC2)cc1)C(=O)N1CCOCC1. The third kappa shape index (κ3) is 4.80. The van der Waals surface area contributed by atoms with Gasteiger partial charge in [0.2, 0.25) is 11.8 Å². The third-order valence-electron chi connectivity index (χ3n) is 4.82. The summed E-state index contributed by atoms with van der Waals surface area (Å²) >= 11 is 0. The van der Waals surface area contributed by atoms with Crippen molar-refractivity contribution in [3.8, 4) is 0 Å². The lowest BCUT2D eigenvalue weighted by Crippen LogP contribution is -2.49. The zero-order valence-corrected chi connectivity index (χ0v) is 15.0. The zero-order chi connectivity index (χ0) is 17.8. The molecule has 0 radical (unpaired) electrons. The van der Waals surface area contributed by atoms with E-state index in [1.807, 2.05) is 43.0 Å². The molecule has 1 aliphatic heterocycles. The molecule has 1 saturated heterocycles. The van der Waals surface area contributed by atoms with Gasteiger partial charge in [-0.15, -0.1) is 0 Å². The average molecular weight is 345 g/mol. The fraction of sp³-hybridized carbons (Fsp3) is 0.579. The minimum absolute atomic E-state index is 0.0492. The lowest BCUT2D eigenvalue weighted by Gasteiger charge is -2.30. The first-order valence-corrected chi connectivity index (χ1v) is 9.08. The number of rotatable bonds is 6. The predicted molar refractivity (Wildman–Crippen MR) is 96.2 cm³/mol. The van der Waals surface area contributed by atoms with Gasteiger partial charge in [0.25, 0.3) is 0 Å². The van der Waals surface area contributed by atoms with E-state index in [4.69, 9.17) is 4.74 Å². The highest BCUT2D eigenvalue weighted by molar-refractivity contribution is 5.94. The Labute approximate surface area is 148 Å². The highest BCUT2D eigenvalue weighted by Gasteiger charge is 2.29. The Morgan fingerprint density at radius 1 is 1.12 bits per heavy atom. The fourth-order valence-corrected chi connectivity index (χ4v) is 3.05. The van der Waals surface area contributed by atoms with Gasteiger partial charge in [-0.1, -0.05) is 12.1 Å². The number of benzene rings is 1. The Balaban J connectivity index is 1.52. The number of carbonyl (C=O) groups excluding carboxylic acids is 2. The van der Waals surface area contributed by atoms with Crippen LogP contribution in [-0.4, -0.2) is 49.1 Å². The van der Waals surface area contributed by atoms with Gasteiger partial charge in [0.15, 0.2) is 0 Å². The monoisotopic (exact) mass is 345 g/mol. The molecule has 2 fully saturated rings. The summed E-state index contributed by atoms with van der Waals surface area (Å²) in [6.07, 6.45) is 2.00. The van der Waals surface area contributed by atoms with Crippen LogP contribution < -0.4 is 10.6 Å². The molecule has 136 valence electrons. The standard InChI is InChI=1S/C19H27N3O3/c1-13(20-14(2)19(24)22-9-11-25-12-10-22)15-5-7-17(8-6-15)21-18(23)16-3-4-16/h5-8,13-14,16,20H,3-4,9-12H2,1-2H3,(H,21,23)/t13-,14-/m1/s1. The molecule has 2 aliphatic rings. The van der Waals surface area contributed by atoms with Crippen LogP contribution in [0.4, 0.5) is 5.69 Å². The van der Waals surface area contributed by atoms with Crippen molar-refractivity contribution in [2.24, 2.45) is 5.92 Å². The van der Waals surface area contributed by atoms with Gasteiger partial charge in [0, 0.05) is 30.7 Å². The Kier molecular flexibility index (Phi) is 5.71. The van der Waals surface area contributed by atoms with Crippen LogP contribution in [0.25, 0.3) is 0 Å². The van der Waals surface area contributed by atoms with Crippen molar-refractivity contribution in [2.45, 2.75) is 38.8 Å². The molecule has 1 aromatic rings. The summed E-state index contributed by atoms with van der Waals surface area (Å²) in [7, 11) is 0. The number of ether oxygens (including phenoxy) is 1. The van der Waals surface area contributed by atoms with Crippen molar-refractivity contribution in [1.82, 2.24) is 10.2 Å². The van der Waals surface area contributed by atoms with Crippen LogP contribution >= 0.6 is 0 Å². The molecule has 0 bridgehead atoms. The summed E-state index contributed by atoms with van der Waals surface area (Å²) in [5, 5.41) is 6.30. The first kappa shape index (κ1) is 17.9. The average Bonchev–Trinajstić information content (AvgIpc) is 3.47. The van der Waals surface area contributed by atoms with Gasteiger partial charge < -0.3 is 15.0 Å². The molecule has 1 aromatic carbocycles. The molecule has 2 amide bonds. The number of carbonyl (C=O) groups is 2. The topological polar surface area (TPSA) is 70.7 Å². The number of nitrogens with one attached hydrogen (secondary N) is 2. The van der Waals surface area contributed by atoms with Crippen molar-refractivity contribution < 1.29 is 14.3 Å². The van der Waals surface area contributed by atoms with Gasteiger partial charge >= 0.3 is 0 Å². The number of anilines is 1. The summed E-state index contributed by atoms with van der Waals surface area (Å²) in [5.41, 5.74) is 1.91. The summed E-state index contributed by atoms with van der Waals surface area (Å²) < 4.78 is 5.29. The summed E-state index contributed by atoms with van der Waals surface area (Å²) in [4.78, 5) is 26.1. The second-order valence-electron chi connectivity index (χ2n) is 6.93. The van der Waals surface area contributed by atoms with E-state index in [2.05, 4.69) is 10.6 Å². The van der Waals surface area contributed by atoms with E-state index in [0.717, 1.165) is 24.1 Å². The van der Waals surface area contributed by atoms with Gasteiger partial charge in [-0.2, -0.15) is 0 Å². The van der Waals surface area contributed by atoms with Crippen molar-refractivity contribution in [3.05, 3.63) is 29.8 Å². The molecule has 0 spiro atoms. The molecular formula is C19H27N3O3. The number of nitrogens with zero attached hydrogens (tertiary/aromatic N) is 1.